The van der Waals surface area contributed by atoms with Crippen molar-refractivity contribution >= 4 is 11.4 Å². The second-order valence-corrected chi connectivity index (χ2v) is 5.38. The van der Waals surface area contributed by atoms with Crippen LogP contribution in [0.25, 0.3) is 0 Å². The molecule has 0 amide bonds. The van der Waals surface area contributed by atoms with Gasteiger partial charge in [-0.15, -0.1) is 0 Å². The van der Waals surface area contributed by atoms with E-state index in [2.05, 4.69) is 17.1 Å². The maximum Gasteiger partial charge on any atom is 0.270 e. The van der Waals surface area contributed by atoms with Gasteiger partial charge in [0.25, 0.3) is 5.69 Å². The van der Waals surface area contributed by atoms with E-state index >= 15 is 0 Å². The Morgan fingerprint density at radius 2 is 2.38 bits per heavy atom. The van der Waals surface area contributed by atoms with Crippen LogP contribution in [0.4, 0.5) is 11.4 Å². The Balaban J connectivity index is 2.00. The van der Waals surface area contributed by atoms with E-state index in [1.54, 1.807) is 6.07 Å². The molecule has 0 saturated carbocycles. The molecule has 1 saturated heterocycles. The van der Waals surface area contributed by atoms with E-state index in [0.29, 0.717) is 17.2 Å². The van der Waals surface area contributed by atoms with Crippen LogP contribution in [-0.2, 0) is 0 Å². The van der Waals surface area contributed by atoms with Gasteiger partial charge in [0, 0.05) is 25.2 Å². The zero-order valence-electron chi connectivity index (χ0n) is 12.2. The second kappa shape index (κ2) is 7.04. The van der Waals surface area contributed by atoms with E-state index in [-0.39, 0.29) is 5.69 Å². The third-order valence-electron chi connectivity index (χ3n) is 3.97. The quantitative estimate of drug-likeness (QED) is 0.665. The summed E-state index contributed by atoms with van der Waals surface area (Å²) in [5.74, 6) is 0.556. The number of likely N-dealkylation sites (tertiary alicyclic amines) is 1. The van der Waals surface area contributed by atoms with Crippen molar-refractivity contribution in [2.75, 3.05) is 31.5 Å². The topological polar surface area (TPSA) is 82.2 Å². The van der Waals surface area contributed by atoms with Gasteiger partial charge in [-0.3, -0.25) is 10.1 Å². The van der Waals surface area contributed by atoms with Crippen molar-refractivity contribution in [1.29, 1.82) is 5.26 Å². The summed E-state index contributed by atoms with van der Waals surface area (Å²) in [6.45, 7) is 6.26. The summed E-state index contributed by atoms with van der Waals surface area (Å²) in [4.78, 5) is 12.7. The van der Waals surface area contributed by atoms with Crippen LogP contribution < -0.4 is 5.32 Å². The van der Waals surface area contributed by atoms with Gasteiger partial charge < -0.3 is 10.2 Å². The average Bonchev–Trinajstić information content (AvgIpc) is 2.52. The van der Waals surface area contributed by atoms with Crippen LogP contribution in [0.5, 0.6) is 0 Å². The average molecular weight is 288 g/mol. The lowest BCUT2D eigenvalue weighted by Crippen LogP contribution is -2.37. The highest BCUT2D eigenvalue weighted by atomic mass is 16.6. The monoisotopic (exact) mass is 288 g/mol. The van der Waals surface area contributed by atoms with Crippen molar-refractivity contribution in [3.05, 3.63) is 33.9 Å². The predicted molar refractivity (Wildman–Crippen MR) is 81.1 cm³/mol. The van der Waals surface area contributed by atoms with Gasteiger partial charge >= 0.3 is 0 Å². The molecule has 1 fully saturated rings. The van der Waals surface area contributed by atoms with Crippen molar-refractivity contribution in [2.45, 2.75) is 19.8 Å². The van der Waals surface area contributed by atoms with Crippen molar-refractivity contribution in [3.8, 4) is 6.07 Å². The molecule has 0 aromatic heterocycles. The number of hydrogen-bond donors (Lipinski definition) is 1. The van der Waals surface area contributed by atoms with Crippen LogP contribution in [0, 0.1) is 27.4 Å². The molecule has 1 aromatic rings. The number of nitrogens with zero attached hydrogens (tertiary/aromatic N) is 3. The number of nitriles is 1. The highest BCUT2D eigenvalue weighted by molar-refractivity contribution is 5.61. The summed E-state index contributed by atoms with van der Waals surface area (Å²) in [5.41, 5.74) is 0.955. The fourth-order valence-corrected chi connectivity index (χ4v) is 2.75. The largest absolute Gasteiger partial charge is 0.384 e. The molecule has 0 radical (unpaired) electrons. The van der Waals surface area contributed by atoms with E-state index in [9.17, 15) is 10.1 Å². The minimum Gasteiger partial charge on any atom is -0.384 e. The normalized spacial score (nSPS) is 19.0. The number of benzene rings is 1. The lowest BCUT2D eigenvalue weighted by Gasteiger charge is -2.32. The summed E-state index contributed by atoms with van der Waals surface area (Å²) < 4.78 is 0. The van der Waals surface area contributed by atoms with Gasteiger partial charge in [-0.1, -0.05) is 6.92 Å². The first-order valence-corrected chi connectivity index (χ1v) is 7.28. The number of piperidine rings is 1. The molecule has 0 bridgehead atoms. The van der Waals surface area contributed by atoms with Gasteiger partial charge in [-0.05, 0) is 37.9 Å². The molecule has 1 atom stereocenters. The van der Waals surface area contributed by atoms with E-state index in [0.717, 1.165) is 26.2 Å². The Morgan fingerprint density at radius 1 is 1.57 bits per heavy atom. The minimum absolute atomic E-state index is 0.0491. The number of nitro benzene ring substituents is 1. The molecule has 1 aliphatic heterocycles. The van der Waals surface area contributed by atoms with Crippen LogP contribution in [0.1, 0.15) is 25.3 Å². The van der Waals surface area contributed by atoms with Crippen LogP contribution >= 0.6 is 0 Å². The highest BCUT2D eigenvalue weighted by Crippen LogP contribution is 2.23. The van der Waals surface area contributed by atoms with E-state index < -0.39 is 4.92 Å². The summed E-state index contributed by atoms with van der Waals surface area (Å²) in [7, 11) is 0. The van der Waals surface area contributed by atoms with E-state index in [4.69, 9.17) is 5.26 Å². The lowest BCUT2D eigenvalue weighted by atomic mass is 9.98. The molecule has 1 aromatic carbocycles. The minimum atomic E-state index is -0.481. The molecular formula is C15H20N4O2. The molecule has 1 heterocycles. The van der Waals surface area contributed by atoms with Crippen molar-refractivity contribution < 1.29 is 4.92 Å². The first-order valence-electron chi connectivity index (χ1n) is 7.28. The maximum absolute atomic E-state index is 10.7. The molecule has 1 N–H and O–H groups in total. The molecule has 1 aliphatic rings. The summed E-state index contributed by atoms with van der Waals surface area (Å²) in [6.07, 6.45) is 2.38. The van der Waals surface area contributed by atoms with Gasteiger partial charge in [0.2, 0.25) is 0 Å². The lowest BCUT2D eigenvalue weighted by molar-refractivity contribution is -0.384. The Hall–Kier alpha value is -2.13. The van der Waals surface area contributed by atoms with Crippen molar-refractivity contribution in [3.63, 3.8) is 0 Å². The molecule has 112 valence electrons. The highest BCUT2D eigenvalue weighted by Gasteiger charge is 2.19. The van der Waals surface area contributed by atoms with Gasteiger partial charge in [0.1, 0.15) is 6.07 Å². The summed E-state index contributed by atoms with van der Waals surface area (Å²) >= 11 is 0. The number of non-ortho nitro benzene ring substituents is 1. The van der Waals surface area contributed by atoms with Crippen molar-refractivity contribution in [2.24, 2.45) is 5.92 Å². The Kier molecular flexibility index (Phi) is 5.12. The van der Waals surface area contributed by atoms with Gasteiger partial charge in [0.05, 0.1) is 16.2 Å². The first kappa shape index (κ1) is 15.3. The third-order valence-corrected chi connectivity index (χ3v) is 3.97. The number of nitro groups is 1. The molecule has 2 rings (SSSR count). The predicted octanol–water partition coefficient (Wildman–Crippen LogP) is 2.61. The fraction of sp³-hybridized carbons (Fsp3) is 0.533. The van der Waals surface area contributed by atoms with Crippen LogP contribution in [0.2, 0.25) is 0 Å². The molecular weight excluding hydrogens is 268 g/mol. The van der Waals surface area contributed by atoms with Crippen LogP contribution in [0.15, 0.2) is 18.2 Å². The Morgan fingerprint density at radius 3 is 3.05 bits per heavy atom. The van der Waals surface area contributed by atoms with Gasteiger partial charge in [-0.2, -0.15) is 5.26 Å². The molecule has 0 aliphatic carbocycles. The first-order chi connectivity index (χ1) is 10.1. The van der Waals surface area contributed by atoms with Gasteiger partial charge in [0.15, 0.2) is 0 Å². The SMILES string of the molecule is CCN1CCCC(CNc2ccc([N+](=O)[O-])cc2C#N)C1. The van der Waals surface area contributed by atoms with Gasteiger partial charge in [-0.25, -0.2) is 0 Å². The standard InChI is InChI=1S/C15H20N4O2/c1-2-18-7-3-4-12(11-18)10-17-15-6-5-14(19(20)21)8-13(15)9-16/h5-6,8,12,17H,2-4,7,10-11H2,1H3. The number of nitrogens with one attached hydrogen (secondary N) is 1. The van der Waals surface area contributed by atoms with Crippen LogP contribution in [0.3, 0.4) is 0 Å². The zero-order valence-corrected chi connectivity index (χ0v) is 12.2. The number of anilines is 1. The number of hydrogen-bond acceptors (Lipinski definition) is 5. The summed E-state index contributed by atoms with van der Waals surface area (Å²) in [5, 5.41) is 23.1. The molecule has 6 nitrogen and oxygen atoms in total. The molecule has 21 heavy (non-hydrogen) atoms. The smallest absolute Gasteiger partial charge is 0.270 e. The maximum atomic E-state index is 10.7. The number of rotatable bonds is 5. The van der Waals surface area contributed by atoms with E-state index in [1.165, 1.54) is 25.0 Å². The summed E-state index contributed by atoms with van der Waals surface area (Å²) in [6, 6.07) is 6.40. The molecule has 0 spiro atoms. The van der Waals surface area contributed by atoms with E-state index in [1.807, 2.05) is 6.07 Å². The third kappa shape index (κ3) is 3.92. The Bertz CT molecular complexity index is 553. The van der Waals surface area contributed by atoms with Crippen LogP contribution in [-0.4, -0.2) is 36.0 Å². The molecule has 1 unspecified atom stereocenters. The fourth-order valence-electron chi connectivity index (χ4n) is 2.75. The van der Waals surface area contributed by atoms with Crippen molar-refractivity contribution in [1.82, 2.24) is 4.90 Å². The zero-order chi connectivity index (χ0) is 15.2. The molecule has 6 heteroatoms. The Labute approximate surface area is 124 Å². The second-order valence-electron chi connectivity index (χ2n) is 5.38.